The number of aliphatic imine (C=N–C) groups is 1. The summed E-state index contributed by atoms with van der Waals surface area (Å²) in [6.45, 7) is 1.29. The zero-order chi connectivity index (χ0) is 25.9. The first-order valence-electron chi connectivity index (χ1n) is 9.79. The van der Waals surface area contributed by atoms with Crippen LogP contribution in [-0.2, 0) is 24.5 Å². The fraction of sp³-hybridized carbons (Fsp3) is 0.227. The highest BCUT2D eigenvalue weighted by Gasteiger charge is 2.53. The van der Waals surface area contributed by atoms with Crippen LogP contribution in [0.25, 0.3) is 0 Å². The molecule has 1 aliphatic heterocycles. The average molecular weight is 491 g/mol. The number of esters is 1. The van der Waals surface area contributed by atoms with Gasteiger partial charge < -0.3 is 18.9 Å². The van der Waals surface area contributed by atoms with Crippen LogP contribution in [0.4, 0.5) is 19.3 Å². The molecule has 3 rings (SSSR count). The molecule has 0 saturated carbocycles. The van der Waals surface area contributed by atoms with Crippen LogP contribution in [0, 0.1) is 21.7 Å². The van der Waals surface area contributed by atoms with Crippen LogP contribution < -0.4 is 4.74 Å². The van der Waals surface area contributed by atoms with Crippen molar-refractivity contribution in [3.8, 4) is 5.75 Å². The number of halogens is 2. The predicted octanol–water partition coefficient (Wildman–Crippen LogP) is 3.64. The van der Waals surface area contributed by atoms with Crippen molar-refractivity contribution in [3.05, 3.63) is 81.2 Å². The van der Waals surface area contributed by atoms with E-state index in [9.17, 15) is 28.5 Å². The van der Waals surface area contributed by atoms with Crippen molar-refractivity contribution in [3.63, 3.8) is 0 Å². The first-order chi connectivity index (χ1) is 16.6. The Morgan fingerprint density at radius 2 is 1.63 bits per heavy atom. The van der Waals surface area contributed by atoms with E-state index < -0.39 is 40.2 Å². The number of nitro groups is 1. The Kier molecular flexibility index (Phi) is 6.99. The molecule has 0 spiro atoms. The van der Waals surface area contributed by atoms with Gasteiger partial charge in [-0.15, -0.1) is 0 Å². The Morgan fingerprint density at radius 3 is 2.11 bits per heavy atom. The summed E-state index contributed by atoms with van der Waals surface area (Å²) < 4.78 is 49.1. The summed E-state index contributed by atoms with van der Waals surface area (Å²) in [6.07, 6.45) is -1.19. The number of nitrogens with zero attached hydrogens (tertiary/aromatic N) is 3. The summed E-state index contributed by atoms with van der Waals surface area (Å²) in [4.78, 5) is 41.2. The second-order valence-corrected chi connectivity index (χ2v) is 7.16. The zero-order valence-electron chi connectivity index (χ0n) is 18.9. The van der Waals surface area contributed by atoms with Crippen LogP contribution in [-0.4, -0.2) is 49.2 Å². The number of amides is 1. The van der Waals surface area contributed by atoms with Crippen molar-refractivity contribution in [2.24, 2.45) is 4.99 Å². The van der Waals surface area contributed by atoms with E-state index in [0.717, 1.165) is 43.4 Å². The number of rotatable bonds is 5. The Bertz CT molecular complexity index is 1230. The van der Waals surface area contributed by atoms with E-state index in [4.69, 9.17) is 18.9 Å². The lowest BCUT2D eigenvalue weighted by molar-refractivity contribution is -0.384. The molecule has 0 aliphatic carbocycles. The molecule has 1 aliphatic rings. The summed E-state index contributed by atoms with van der Waals surface area (Å²) >= 11 is 0. The third-order valence-electron chi connectivity index (χ3n) is 5.16. The Hall–Kier alpha value is -4.55. The minimum Gasteiger partial charge on any atom is -0.480 e. The van der Waals surface area contributed by atoms with Crippen LogP contribution in [0.2, 0.25) is 0 Å². The number of amidine groups is 1. The first kappa shape index (κ1) is 25.1. The summed E-state index contributed by atoms with van der Waals surface area (Å²) in [5.41, 5.74) is -2.83. The quantitative estimate of drug-likeness (QED) is 0.352. The Morgan fingerprint density at radius 1 is 1.03 bits per heavy atom. The molecule has 2 aromatic rings. The fourth-order valence-corrected chi connectivity index (χ4v) is 3.53. The van der Waals surface area contributed by atoms with Crippen LogP contribution in [0.1, 0.15) is 12.5 Å². The first-order valence-corrected chi connectivity index (χ1v) is 9.79. The van der Waals surface area contributed by atoms with Crippen LogP contribution in [0.15, 0.2) is 58.9 Å². The van der Waals surface area contributed by atoms with E-state index in [0.29, 0.717) is 6.07 Å². The second-order valence-electron chi connectivity index (χ2n) is 7.16. The van der Waals surface area contributed by atoms with Crippen molar-refractivity contribution < 1.29 is 42.2 Å². The Balaban J connectivity index is 2.22. The molecule has 0 bridgehead atoms. The topological polar surface area (TPSA) is 130 Å². The van der Waals surface area contributed by atoms with E-state index in [1.54, 1.807) is 0 Å². The molecule has 1 unspecified atom stereocenters. The highest BCUT2D eigenvalue weighted by Crippen LogP contribution is 2.43. The van der Waals surface area contributed by atoms with Gasteiger partial charge in [0, 0.05) is 18.2 Å². The molecule has 2 aromatic carbocycles. The second kappa shape index (κ2) is 9.75. The number of carbonyl (C=O) groups excluding carboxylic acids is 2. The lowest BCUT2D eigenvalue weighted by Crippen LogP contribution is -2.57. The maximum Gasteiger partial charge on any atom is 0.424 e. The number of hydrogen-bond donors (Lipinski definition) is 0. The number of carbonyl (C=O) groups is 2. The smallest absolute Gasteiger partial charge is 0.424 e. The molecule has 184 valence electrons. The van der Waals surface area contributed by atoms with Gasteiger partial charge in [-0.3, -0.25) is 10.1 Å². The summed E-state index contributed by atoms with van der Waals surface area (Å²) in [5, 5.41) is 10.9. The zero-order valence-corrected chi connectivity index (χ0v) is 18.9. The maximum absolute atomic E-state index is 14.2. The number of nitro benzene ring substituents is 1. The molecule has 1 atom stereocenters. The molecule has 0 aromatic heterocycles. The molecule has 11 nitrogen and oxygen atoms in total. The molecular formula is C22H19F2N3O8. The Labute approximate surface area is 197 Å². The van der Waals surface area contributed by atoms with E-state index in [-0.39, 0.29) is 28.5 Å². The van der Waals surface area contributed by atoms with Gasteiger partial charge in [0.15, 0.2) is 0 Å². The number of hydrogen-bond acceptors (Lipinski definition) is 9. The maximum atomic E-state index is 14.2. The van der Waals surface area contributed by atoms with E-state index in [2.05, 4.69) is 4.99 Å². The van der Waals surface area contributed by atoms with Gasteiger partial charge in [0.1, 0.15) is 28.5 Å². The highest BCUT2D eigenvalue weighted by molar-refractivity contribution is 6.01. The molecule has 35 heavy (non-hydrogen) atoms. The van der Waals surface area contributed by atoms with E-state index in [1.807, 2.05) is 0 Å². The number of benzene rings is 2. The molecule has 0 fully saturated rings. The minimum atomic E-state index is -2.01. The molecule has 13 heteroatoms. The number of methoxy groups -OCH3 is 3. The monoisotopic (exact) mass is 491 g/mol. The molecule has 0 saturated heterocycles. The van der Waals surface area contributed by atoms with Crippen molar-refractivity contribution in [2.75, 3.05) is 21.3 Å². The van der Waals surface area contributed by atoms with Crippen molar-refractivity contribution >= 4 is 23.8 Å². The molecule has 1 heterocycles. The highest BCUT2D eigenvalue weighted by atomic mass is 19.1. The van der Waals surface area contributed by atoms with Gasteiger partial charge in [0.25, 0.3) is 5.69 Å². The SMILES string of the molecule is COC(=O)C1=C(OC)N=C(OC)N(C(=O)Oc2ccc([N+](=O)[O-])cc2)C1(C)c1cc(F)cc(F)c1. The standard InChI is InChI=1S/C22H19F2N3O8/c1-22(12-9-13(23)11-14(24)10-12)17(19(28)33-3)18(32-2)25-20(34-4)26(22)21(29)35-16-7-5-15(6-8-16)27(30)31/h5-11H,1-4H3. The molecule has 1 amide bonds. The van der Waals surface area contributed by atoms with Gasteiger partial charge >= 0.3 is 18.1 Å². The summed E-state index contributed by atoms with van der Waals surface area (Å²) in [7, 11) is 3.41. The molecule has 0 radical (unpaired) electrons. The molecule has 0 N–H and O–H groups in total. The van der Waals surface area contributed by atoms with Crippen molar-refractivity contribution in [1.82, 2.24) is 4.90 Å². The lowest BCUT2D eigenvalue weighted by atomic mass is 9.81. The van der Waals surface area contributed by atoms with E-state index in [1.165, 1.54) is 26.2 Å². The van der Waals surface area contributed by atoms with Gasteiger partial charge in [-0.2, -0.15) is 4.99 Å². The normalized spacial score (nSPS) is 17.4. The van der Waals surface area contributed by atoms with Gasteiger partial charge in [-0.1, -0.05) is 0 Å². The van der Waals surface area contributed by atoms with Crippen molar-refractivity contribution in [1.29, 1.82) is 0 Å². The van der Waals surface area contributed by atoms with Crippen LogP contribution in [0.3, 0.4) is 0 Å². The van der Waals surface area contributed by atoms with Gasteiger partial charge in [-0.25, -0.2) is 23.3 Å². The van der Waals surface area contributed by atoms with Crippen LogP contribution in [0.5, 0.6) is 5.75 Å². The van der Waals surface area contributed by atoms with E-state index >= 15 is 0 Å². The number of ether oxygens (including phenoxy) is 4. The van der Waals surface area contributed by atoms with Gasteiger partial charge in [-0.05, 0) is 36.8 Å². The van der Waals surface area contributed by atoms with Crippen molar-refractivity contribution in [2.45, 2.75) is 12.5 Å². The third-order valence-corrected chi connectivity index (χ3v) is 5.16. The average Bonchev–Trinajstić information content (AvgIpc) is 2.82. The van der Waals surface area contributed by atoms with Gasteiger partial charge in [0.05, 0.1) is 26.3 Å². The van der Waals surface area contributed by atoms with Crippen LogP contribution >= 0.6 is 0 Å². The minimum absolute atomic E-state index is 0.107. The third kappa shape index (κ3) is 4.60. The summed E-state index contributed by atoms with van der Waals surface area (Å²) in [5.74, 6) is -3.43. The van der Waals surface area contributed by atoms with Gasteiger partial charge in [0.2, 0.25) is 5.88 Å². The summed E-state index contributed by atoms with van der Waals surface area (Å²) in [6, 6.07) is 6.53. The number of non-ortho nitro benzene ring substituents is 1. The molecular weight excluding hydrogens is 472 g/mol. The largest absolute Gasteiger partial charge is 0.480 e. The predicted molar refractivity (Wildman–Crippen MR) is 115 cm³/mol. The fourth-order valence-electron chi connectivity index (χ4n) is 3.53. The lowest BCUT2D eigenvalue weighted by Gasteiger charge is -2.42.